The van der Waals surface area contributed by atoms with Crippen molar-refractivity contribution < 1.29 is 9.18 Å². The molecule has 1 atom stereocenters. The minimum Gasteiger partial charge on any atom is -0.303 e. The number of hydrogen-bond acceptors (Lipinski definition) is 1. The van der Waals surface area contributed by atoms with Crippen LogP contribution in [0, 0.1) is 12.7 Å². The molecule has 0 amide bonds. The Balaban J connectivity index is 3.08. The first kappa shape index (κ1) is 11.2. The van der Waals surface area contributed by atoms with Crippen LogP contribution in [-0.4, -0.2) is 6.29 Å². The van der Waals surface area contributed by atoms with Crippen LogP contribution < -0.4 is 0 Å². The maximum atomic E-state index is 13.0. The molecular weight excluding hydrogens is 203 g/mol. The SMILES string of the molecule is Cc1cc(F)c(Cl)cc1C(C)CC=O. The molecule has 1 aromatic rings. The highest BCUT2D eigenvalue weighted by Crippen LogP contribution is 2.27. The fourth-order valence-electron chi connectivity index (χ4n) is 1.46. The van der Waals surface area contributed by atoms with Crippen molar-refractivity contribution in [2.45, 2.75) is 26.2 Å². The summed E-state index contributed by atoms with van der Waals surface area (Å²) < 4.78 is 13.0. The van der Waals surface area contributed by atoms with Gasteiger partial charge in [0.1, 0.15) is 12.1 Å². The molecule has 0 aliphatic heterocycles. The van der Waals surface area contributed by atoms with Crippen molar-refractivity contribution in [3.8, 4) is 0 Å². The highest BCUT2D eigenvalue weighted by atomic mass is 35.5. The zero-order chi connectivity index (χ0) is 10.7. The van der Waals surface area contributed by atoms with Crippen LogP contribution in [0.4, 0.5) is 4.39 Å². The van der Waals surface area contributed by atoms with Crippen LogP contribution >= 0.6 is 11.6 Å². The predicted molar refractivity (Wildman–Crippen MR) is 55.2 cm³/mol. The molecule has 1 rings (SSSR count). The van der Waals surface area contributed by atoms with Gasteiger partial charge in [-0.1, -0.05) is 18.5 Å². The number of aldehydes is 1. The van der Waals surface area contributed by atoms with Gasteiger partial charge in [0.15, 0.2) is 0 Å². The quantitative estimate of drug-likeness (QED) is 0.704. The van der Waals surface area contributed by atoms with Crippen LogP contribution in [0.25, 0.3) is 0 Å². The Bertz CT molecular complexity index is 349. The largest absolute Gasteiger partial charge is 0.303 e. The molecular formula is C11H12ClFO. The van der Waals surface area contributed by atoms with Gasteiger partial charge in [0.05, 0.1) is 5.02 Å². The van der Waals surface area contributed by atoms with E-state index in [2.05, 4.69) is 0 Å². The first-order valence-electron chi connectivity index (χ1n) is 4.45. The summed E-state index contributed by atoms with van der Waals surface area (Å²) in [5.74, 6) is -0.322. The molecule has 0 aliphatic rings. The van der Waals surface area contributed by atoms with E-state index in [-0.39, 0.29) is 10.9 Å². The van der Waals surface area contributed by atoms with Gasteiger partial charge < -0.3 is 4.79 Å². The van der Waals surface area contributed by atoms with Crippen molar-refractivity contribution in [3.05, 3.63) is 34.1 Å². The molecule has 0 heterocycles. The summed E-state index contributed by atoms with van der Waals surface area (Å²) >= 11 is 5.67. The van der Waals surface area contributed by atoms with Crippen molar-refractivity contribution in [1.29, 1.82) is 0 Å². The zero-order valence-electron chi connectivity index (χ0n) is 8.18. The summed E-state index contributed by atoms with van der Waals surface area (Å²) in [4.78, 5) is 10.3. The van der Waals surface area contributed by atoms with E-state index in [0.29, 0.717) is 6.42 Å². The van der Waals surface area contributed by atoms with Gasteiger partial charge in [0.25, 0.3) is 0 Å². The number of aryl methyl sites for hydroxylation is 1. The number of hydrogen-bond donors (Lipinski definition) is 0. The van der Waals surface area contributed by atoms with Crippen molar-refractivity contribution >= 4 is 17.9 Å². The van der Waals surface area contributed by atoms with Crippen LogP contribution in [0.3, 0.4) is 0 Å². The third-order valence-corrected chi connectivity index (χ3v) is 2.58. The molecule has 14 heavy (non-hydrogen) atoms. The molecule has 0 bridgehead atoms. The van der Waals surface area contributed by atoms with E-state index in [9.17, 15) is 9.18 Å². The van der Waals surface area contributed by atoms with E-state index >= 15 is 0 Å². The Morgan fingerprint density at radius 3 is 2.79 bits per heavy atom. The summed E-state index contributed by atoms with van der Waals surface area (Å²) in [7, 11) is 0. The Labute approximate surface area is 87.9 Å². The van der Waals surface area contributed by atoms with E-state index in [1.54, 1.807) is 6.07 Å². The second-order valence-electron chi connectivity index (χ2n) is 3.43. The Morgan fingerprint density at radius 1 is 1.57 bits per heavy atom. The minimum atomic E-state index is -0.411. The highest BCUT2D eigenvalue weighted by Gasteiger charge is 2.11. The standard InChI is InChI=1S/C11H12ClFO/c1-7(3-4-14)9-6-10(12)11(13)5-8(9)2/h4-7H,3H2,1-2H3. The fourth-order valence-corrected chi connectivity index (χ4v) is 1.64. The normalized spacial score (nSPS) is 12.6. The van der Waals surface area contributed by atoms with Gasteiger partial charge in [-0.15, -0.1) is 0 Å². The van der Waals surface area contributed by atoms with Gasteiger partial charge in [0.2, 0.25) is 0 Å². The lowest BCUT2D eigenvalue weighted by molar-refractivity contribution is -0.108. The Morgan fingerprint density at radius 2 is 2.21 bits per heavy atom. The first-order valence-corrected chi connectivity index (χ1v) is 4.83. The molecule has 0 radical (unpaired) electrons. The lowest BCUT2D eigenvalue weighted by atomic mass is 9.94. The van der Waals surface area contributed by atoms with Crippen LogP contribution in [-0.2, 0) is 4.79 Å². The van der Waals surface area contributed by atoms with Gasteiger partial charge in [-0.25, -0.2) is 4.39 Å². The lowest BCUT2D eigenvalue weighted by Gasteiger charge is -2.12. The average Bonchev–Trinajstić information content (AvgIpc) is 2.11. The molecule has 0 saturated heterocycles. The van der Waals surface area contributed by atoms with Crippen molar-refractivity contribution in [3.63, 3.8) is 0 Å². The smallest absolute Gasteiger partial charge is 0.142 e. The molecule has 3 heteroatoms. The first-order chi connectivity index (χ1) is 6.56. The summed E-state index contributed by atoms with van der Waals surface area (Å²) in [5, 5.41) is 0.114. The second kappa shape index (κ2) is 4.56. The van der Waals surface area contributed by atoms with E-state index < -0.39 is 5.82 Å². The molecule has 76 valence electrons. The van der Waals surface area contributed by atoms with Gasteiger partial charge in [-0.3, -0.25) is 0 Å². The molecule has 0 spiro atoms. The minimum absolute atomic E-state index is 0.0885. The van der Waals surface area contributed by atoms with Crippen molar-refractivity contribution in [2.75, 3.05) is 0 Å². The van der Waals surface area contributed by atoms with Crippen LogP contribution in [0.1, 0.15) is 30.4 Å². The zero-order valence-corrected chi connectivity index (χ0v) is 8.94. The fraction of sp³-hybridized carbons (Fsp3) is 0.364. The van der Waals surface area contributed by atoms with Gasteiger partial charge in [-0.05, 0) is 36.1 Å². The van der Waals surface area contributed by atoms with E-state index in [4.69, 9.17) is 11.6 Å². The number of carbonyl (C=O) groups excluding carboxylic acids is 1. The highest BCUT2D eigenvalue weighted by molar-refractivity contribution is 6.30. The molecule has 1 nitrogen and oxygen atoms in total. The maximum absolute atomic E-state index is 13.0. The summed E-state index contributed by atoms with van der Waals surface area (Å²) in [6.07, 6.45) is 1.30. The number of carbonyl (C=O) groups is 1. The maximum Gasteiger partial charge on any atom is 0.142 e. The van der Waals surface area contributed by atoms with E-state index in [1.165, 1.54) is 6.07 Å². The van der Waals surface area contributed by atoms with Crippen LogP contribution in [0.15, 0.2) is 12.1 Å². The second-order valence-corrected chi connectivity index (χ2v) is 3.83. The third kappa shape index (κ3) is 2.32. The van der Waals surface area contributed by atoms with E-state index in [1.807, 2.05) is 13.8 Å². The molecule has 1 unspecified atom stereocenters. The van der Waals surface area contributed by atoms with Gasteiger partial charge >= 0.3 is 0 Å². The number of rotatable bonds is 3. The molecule has 0 aromatic heterocycles. The van der Waals surface area contributed by atoms with Crippen LogP contribution in [0.5, 0.6) is 0 Å². The Kier molecular flexibility index (Phi) is 3.64. The average molecular weight is 215 g/mol. The summed E-state index contributed by atoms with van der Waals surface area (Å²) in [5.41, 5.74) is 1.77. The molecule has 1 aromatic carbocycles. The van der Waals surface area contributed by atoms with Crippen LogP contribution in [0.2, 0.25) is 5.02 Å². The summed E-state index contributed by atoms with van der Waals surface area (Å²) in [6.45, 7) is 3.74. The molecule has 0 saturated carbocycles. The lowest BCUT2D eigenvalue weighted by Crippen LogP contribution is -1.98. The Hall–Kier alpha value is -0.890. The number of halogens is 2. The third-order valence-electron chi connectivity index (χ3n) is 2.29. The van der Waals surface area contributed by atoms with Crippen molar-refractivity contribution in [1.82, 2.24) is 0 Å². The van der Waals surface area contributed by atoms with E-state index in [0.717, 1.165) is 17.4 Å². The summed E-state index contributed by atoms with van der Waals surface area (Å²) in [6, 6.07) is 3.00. The van der Waals surface area contributed by atoms with Gasteiger partial charge in [-0.2, -0.15) is 0 Å². The van der Waals surface area contributed by atoms with Crippen molar-refractivity contribution in [2.24, 2.45) is 0 Å². The van der Waals surface area contributed by atoms with Gasteiger partial charge in [0, 0.05) is 6.42 Å². The molecule has 0 aliphatic carbocycles. The predicted octanol–water partition coefficient (Wildman–Crippen LogP) is 3.48. The topological polar surface area (TPSA) is 17.1 Å². The number of benzene rings is 1. The molecule has 0 fully saturated rings. The monoisotopic (exact) mass is 214 g/mol. The molecule has 0 N–H and O–H groups in total.